The molecule has 1 aromatic rings. The van der Waals surface area contributed by atoms with Crippen LogP contribution in [0.5, 0.6) is 0 Å². The lowest BCUT2D eigenvalue weighted by atomic mass is 10.2. The molecule has 1 amide bonds. The molecule has 1 fully saturated rings. The summed E-state index contributed by atoms with van der Waals surface area (Å²) in [7, 11) is 0. The van der Waals surface area contributed by atoms with Crippen molar-refractivity contribution in [3.05, 3.63) is 17.3 Å². The topological polar surface area (TPSA) is 45.2 Å². The lowest BCUT2D eigenvalue weighted by Crippen LogP contribution is -2.43. The number of hydrogen-bond donors (Lipinski definition) is 1. The van der Waals surface area contributed by atoms with Crippen molar-refractivity contribution in [1.82, 2.24) is 4.98 Å². The van der Waals surface area contributed by atoms with Gasteiger partial charge < -0.3 is 10.2 Å². The van der Waals surface area contributed by atoms with Crippen LogP contribution in [0.25, 0.3) is 0 Å². The summed E-state index contributed by atoms with van der Waals surface area (Å²) in [5.74, 6) is 2.92. The van der Waals surface area contributed by atoms with Gasteiger partial charge in [-0.3, -0.25) is 4.79 Å². The van der Waals surface area contributed by atoms with Crippen LogP contribution in [0.15, 0.2) is 12.1 Å². The summed E-state index contributed by atoms with van der Waals surface area (Å²) in [6.45, 7) is 0.921. The zero-order chi connectivity index (χ0) is 11.8. The van der Waals surface area contributed by atoms with E-state index < -0.39 is 0 Å². The number of nitrogens with zero attached hydrogens (tertiary/aromatic N) is 2. The summed E-state index contributed by atoms with van der Waals surface area (Å²) in [5.41, 5.74) is 0.772. The molecule has 1 saturated heterocycles. The molecule has 3 heterocycles. The summed E-state index contributed by atoms with van der Waals surface area (Å²) in [6.07, 6.45) is 0.529. The van der Waals surface area contributed by atoms with E-state index in [4.69, 9.17) is 11.6 Å². The Bertz CT molecular complexity index is 468. The summed E-state index contributed by atoms with van der Waals surface area (Å²) in [6, 6.07) is 3.77. The molecule has 2 aliphatic rings. The van der Waals surface area contributed by atoms with E-state index in [2.05, 4.69) is 15.2 Å². The number of thioether (sulfide) groups is 1. The van der Waals surface area contributed by atoms with E-state index >= 15 is 0 Å². The molecule has 6 heteroatoms. The van der Waals surface area contributed by atoms with Gasteiger partial charge in [0.05, 0.1) is 5.69 Å². The maximum absolute atomic E-state index is 11.8. The average Bonchev–Trinajstić information content (AvgIpc) is 2.45. The van der Waals surface area contributed by atoms with Crippen LogP contribution in [0.1, 0.15) is 6.42 Å². The van der Waals surface area contributed by atoms with E-state index in [1.165, 1.54) is 0 Å². The van der Waals surface area contributed by atoms with E-state index in [9.17, 15) is 4.79 Å². The first-order valence-electron chi connectivity index (χ1n) is 5.55. The highest BCUT2D eigenvalue weighted by atomic mass is 35.5. The van der Waals surface area contributed by atoms with E-state index in [1.54, 1.807) is 6.07 Å². The highest BCUT2D eigenvalue weighted by molar-refractivity contribution is 7.99. The first-order valence-corrected chi connectivity index (χ1v) is 7.08. The van der Waals surface area contributed by atoms with Gasteiger partial charge in [-0.2, -0.15) is 11.8 Å². The van der Waals surface area contributed by atoms with E-state index in [1.807, 2.05) is 17.8 Å². The predicted molar refractivity (Wildman–Crippen MR) is 71.0 cm³/mol. The van der Waals surface area contributed by atoms with Gasteiger partial charge in [-0.15, -0.1) is 0 Å². The van der Waals surface area contributed by atoms with Crippen LogP contribution < -0.4 is 10.2 Å². The molecule has 0 radical (unpaired) electrons. The minimum atomic E-state index is 0.0605. The number of carbonyl (C=O) groups excluding carboxylic acids is 1. The average molecular weight is 270 g/mol. The van der Waals surface area contributed by atoms with Crippen molar-refractivity contribution in [2.24, 2.45) is 0 Å². The third kappa shape index (κ3) is 2.09. The van der Waals surface area contributed by atoms with Crippen LogP contribution in [-0.2, 0) is 4.79 Å². The lowest BCUT2D eigenvalue weighted by Gasteiger charge is -2.34. The zero-order valence-electron chi connectivity index (χ0n) is 9.15. The third-order valence-corrected chi connectivity index (χ3v) is 4.34. The number of hydrogen-bond acceptors (Lipinski definition) is 4. The van der Waals surface area contributed by atoms with Crippen molar-refractivity contribution < 1.29 is 4.79 Å². The van der Waals surface area contributed by atoms with Crippen molar-refractivity contribution in [2.75, 3.05) is 28.3 Å². The molecular weight excluding hydrogens is 258 g/mol. The first-order chi connectivity index (χ1) is 8.24. The number of carbonyl (C=O) groups is 1. The second kappa shape index (κ2) is 4.38. The van der Waals surface area contributed by atoms with Crippen molar-refractivity contribution in [2.45, 2.75) is 12.5 Å². The number of fused-ring (bicyclic) bond motifs is 3. The van der Waals surface area contributed by atoms with E-state index in [-0.39, 0.29) is 11.9 Å². The highest BCUT2D eigenvalue weighted by Gasteiger charge is 2.31. The van der Waals surface area contributed by atoms with Gasteiger partial charge in [0, 0.05) is 30.5 Å². The maximum Gasteiger partial charge on any atom is 0.226 e. The van der Waals surface area contributed by atoms with Gasteiger partial charge in [-0.25, -0.2) is 4.98 Å². The third-order valence-electron chi connectivity index (χ3n) is 3.04. The molecule has 0 bridgehead atoms. The van der Waals surface area contributed by atoms with Crippen LogP contribution in [-0.4, -0.2) is 35.0 Å². The molecule has 1 N–H and O–H groups in total. The number of amides is 1. The quantitative estimate of drug-likeness (QED) is 0.732. The Morgan fingerprint density at radius 3 is 3.29 bits per heavy atom. The first kappa shape index (κ1) is 11.2. The standard InChI is InChI=1S/C11H12ClN3OS/c12-9-2-1-8-11(14-9)15-3-4-17-6-7(15)5-10(16)13-8/h1-2,7H,3-6H2,(H,13,16). The fourth-order valence-electron chi connectivity index (χ4n) is 2.26. The molecule has 1 atom stereocenters. The predicted octanol–water partition coefficient (Wildman–Crippen LogP) is 2.00. The fraction of sp³-hybridized carbons (Fsp3) is 0.455. The number of halogens is 1. The van der Waals surface area contributed by atoms with Crippen molar-refractivity contribution >= 4 is 40.8 Å². The molecule has 3 rings (SSSR count). The molecule has 90 valence electrons. The summed E-state index contributed by atoms with van der Waals surface area (Å²) in [5, 5.41) is 3.36. The molecule has 0 aliphatic carbocycles. The van der Waals surface area contributed by atoms with Crippen molar-refractivity contribution in [1.29, 1.82) is 0 Å². The highest BCUT2D eigenvalue weighted by Crippen LogP contribution is 2.33. The summed E-state index contributed by atoms with van der Waals surface area (Å²) < 4.78 is 0. The molecule has 1 unspecified atom stereocenters. The Hall–Kier alpha value is -0.940. The SMILES string of the molecule is O=C1CC2CSCCN2c2nc(Cl)ccc2N1. The number of pyridine rings is 1. The minimum absolute atomic E-state index is 0.0605. The number of rotatable bonds is 0. The van der Waals surface area contributed by atoms with Gasteiger partial charge in [-0.05, 0) is 12.1 Å². The second-order valence-electron chi connectivity index (χ2n) is 4.18. The Labute approximate surface area is 109 Å². The molecule has 0 saturated carbocycles. The van der Waals surface area contributed by atoms with Gasteiger partial charge in [0.25, 0.3) is 0 Å². The fourth-order valence-corrected chi connectivity index (χ4v) is 3.47. The number of anilines is 2. The number of aromatic nitrogens is 1. The van der Waals surface area contributed by atoms with Gasteiger partial charge in [0.2, 0.25) is 5.91 Å². The maximum atomic E-state index is 11.8. The van der Waals surface area contributed by atoms with Gasteiger partial charge in [-0.1, -0.05) is 11.6 Å². The van der Waals surface area contributed by atoms with Gasteiger partial charge >= 0.3 is 0 Å². The van der Waals surface area contributed by atoms with Crippen LogP contribution >= 0.6 is 23.4 Å². The Morgan fingerprint density at radius 1 is 1.53 bits per heavy atom. The molecule has 1 aromatic heterocycles. The van der Waals surface area contributed by atoms with Crippen molar-refractivity contribution in [3.8, 4) is 0 Å². The van der Waals surface area contributed by atoms with Crippen LogP contribution in [0.3, 0.4) is 0 Å². The second-order valence-corrected chi connectivity index (χ2v) is 5.72. The van der Waals surface area contributed by atoms with E-state index in [0.717, 1.165) is 29.6 Å². The molecule has 2 aliphatic heterocycles. The molecular formula is C11H12ClN3OS. The normalized spacial score (nSPS) is 23.5. The molecule has 0 spiro atoms. The van der Waals surface area contributed by atoms with Gasteiger partial charge in [0.15, 0.2) is 5.82 Å². The largest absolute Gasteiger partial charge is 0.350 e. The van der Waals surface area contributed by atoms with Crippen molar-refractivity contribution in [3.63, 3.8) is 0 Å². The molecule has 17 heavy (non-hydrogen) atoms. The smallest absolute Gasteiger partial charge is 0.226 e. The summed E-state index contributed by atoms with van der Waals surface area (Å²) >= 11 is 7.83. The zero-order valence-corrected chi connectivity index (χ0v) is 10.7. The number of nitrogens with one attached hydrogen (secondary N) is 1. The summed E-state index contributed by atoms with van der Waals surface area (Å²) in [4.78, 5) is 18.3. The van der Waals surface area contributed by atoms with Gasteiger partial charge in [0.1, 0.15) is 5.15 Å². The monoisotopic (exact) mass is 269 g/mol. The minimum Gasteiger partial charge on any atom is -0.350 e. The van der Waals surface area contributed by atoms with Crippen LogP contribution in [0.4, 0.5) is 11.5 Å². The van der Waals surface area contributed by atoms with Crippen LogP contribution in [0.2, 0.25) is 5.15 Å². The molecule has 0 aromatic carbocycles. The lowest BCUT2D eigenvalue weighted by molar-refractivity contribution is -0.116. The molecule has 4 nitrogen and oxygen atoms in total. The van der Waals surface area contributed by atoms with E-state index in [0.29, 0.717) is 11.6 Å². The Kier molecular flexibility index (Phi) is 2.88. The Morgan fingerprint density at radius 2 is 2.41 bits per heavy atom. The Balaban J connectivity index is 2.07. The van der Waals surface area contributed by atoms with Crippen LogP contribution in [0, 0.1) is 0 Å².